The van der Waals surface area contributed by atoms with Gasteiger partial charge in [0.1, 0.15) is 5.60 Å². The van der Waals surface area contributed by atoms with Crippen LogP contribution in [0, 0.1) is 0 Å². The molecule has 0 aliphatic rings. The number of amides is 1. The summed E-state index contributed by atoms with van der Waals surface area (Å²) in [5.41, 5.74) is 0.0430. The van der Waals surface area contributed by atoms with Gasteiger partial charge >= 0.3 is 12.1 Å². The largest absolute Gasteiger partial charge is 0.469 e. The van der Waals surface area contributed by atoms with Crippen LogP contribution in [0.1, 0.15) is 36.9 Å². The van der Waals surface area contributed by atoms with Crippen molar-refractivity contribution in [1.82, 2.24) is 4.90 Å². The first-order valence-electron chi connectivity index (χ1n) is 9.25. The van der Waals surface area contributed by atoms with Gasteiger partial charge in [-0.25, -0.2) is 4.79 Å². The lowest BCUT2D eigenvalue weighted by Gasteiger charge is -2.33. The highest BCUT2D eigenvalue weighted by Gasteiger charge is 2.35. The Bertz CT molecular complexity index is 812. The molecule has 0 aliphatic carbocycles. The molecule has 29 heavy (non-hydrogen) atoms. The number of nitrogens with zero attached hydrogens (tertiary/aromatic N) is 1. The summed E-state index contributed by atoms with van der Waals surface area (Å²) in [4.78, 5) is 25.9. The van der Waals surface area contributed by atoms with Gasteiger partial charge in [-0.3, -0.25) is 4.79 Å². The lowest BCUT2D eigenvalue weighted by Crippen LogP contribution is -2.39. The van der Waals surface area contributed by atoms with Gasteiger partial charge in [0.25, 0.3) is 0 Å². The Kier molecular flexibility index (Phi) is 8.22. The Morgan fingerprint density at radius 2 is 1.69 bits per heavy atom. The van der Waals surface area contributed by atoms with Crippen LogP contribution in [-0.2, 0) is 19.9 Å². The van der Waals surface area contributed by atoms with Crippen molar-refractivity contribution in [3.8, 4) is 0 Å². The van der Waals surface area contributed by atoms with Crippen LogP contribution < -0.4 is 0 Å². The summed E-state index contributed by atoms with van der Waals surface area (Å²) in [6.45, 7) is 2.08. The van der Waals surface area contributed by atoms with Gasteiger partial charge in [0, 0.05) is 11.0 Å². The van der Waals surface area contributed by atoms with Crippen LogP contribution in [-0.4, -0.2) is 42.8 Å². The predicted octanol–water partition coefficient (Wildman–Crippen LogP) is 4.42. The molecule has 2 aromatic carbocycles. The second kappa shape index (κ2) is 10.4. The van der Waals surface area contributed by atoms with E-state index in [0.717, 1.165) is 10.0 Å². The molecule has 2 aromatic rings. The number of aliphatic hydroxyl groups is 1. The van der Waals surface area contributed by atoms with Gasteiger partial charge in [0.2, 0.25) is 0 Å². The summed E-state index contributed by atoms with van der Waals surface area (Å²) in [6, 6.07) is 16.3. The highest BCUT2D eigenvalue weighted by Crippen LogP contribution is 2.31. The van der Waals surface area contributed by atoms with Crippen molar-refractivity contribution in [2.24, 2.45) is 0 Å². The standard InChI is InChI=1S/C22H26BrNO5/c1-16(17-9-11-19(23)12-10-17)24(21(26)29-3)14-13-22(27,15-20(25)28-2)18-7-5-4-6-8-18/h4-12,16,27H,13-15H2,1-3H3/t16-,22?/m0/s1. The maximum Gasteiger partial charge on any atom is 0.409 e. The summed E-state index contributed by atoms with van der Waals surface area (Å²) >= 11 is 3.40. The van der Waals surface area contributed by atoms with E-state index in [1.807, 2.05) is 37.3 Å². The molecule has 1 amide bonds. The number of halogens is 1. The quantitative estimate of drug-likeness (QED) is 0.586. The number of carbonyl (C=O) groups is 2. The third-order valence-corrected chi connectivity index (χ3v) is 5.50. The maximum absolute atomic E-state index is 12.4. The zero-order chi connectivity index (χ0) is 21.4. The van der Waals surface area contributed by atoms with E-state index in [9.17, 15) is 14.7 Å². The molecular formula is C22H26BrNO5. The molecular weight excluding hydrogens is 438 g/mol. The lowest BCUT2D eigenvalue weighted by atomic mass is 9.87. The summed E-state index contributed by atoms with van der Waals surface area (Å²) in [5.74, 6) is -0.526. The van der Waals surface area contributed by atoms with E-state index in [1.54, 1.807) is 24.3 Å². The van der Waals surface area contributed by atoms with Gasteiger partial charge in [-0.15, -0.1) is 0 Å². The van der Waals surface area contributed by atoms with Crippen LogP contribution >= 0.6 is 15.9 Å². The molecule has 0 radical (unpaired) electrons. The van der Waals surface area contributed by atoms with Crippen molar-refractivity contribution in [3.63, 3.8) is 0 Å². The molecule has 7 heteroatoms. The van der Waals surface area contributed by atoms with Gasteiger partial charge in [0.05, 0.1) is 26.7 Å². The molecule has 0 bridgehead atoms. The molecule has 2 atom stereocenters. The van der Waals surface area contributed by atoms with Crippen molar-refractivity contribution < 1.29 is 24.2 Å². The third-order valence-electron chi connectivity index (χ3n) is 4.97. The fraction of sp³-hybridized carbons (Fsp3) is 0.364. The second-order valence-electron chi connectivity index (χ2n) is 6.79. The predicted molar refractivity (Wildman–Crippen MR) is 113 cm³/mol. The summed E-state index contributed by atoms with van der Waals surface area (Å²) in [5, 5.41) is 11.3. The minimum Gasteiger partial charge on any atom is -0.469 e. The van der Waals surface area contributed by atoms with Gasteiger partial charge in [-0.2, -0.15) is 0 Å². The van der Waals surface area contributed by atoms with Crippen molar-refractivity contribution >= 4 is 28.0 Å². The Balaban J connectivity index is 2.27. The van der Waals surface area contributed by atoms with Gasteiger partial charge in [0.15, 0.2) is 0 Å². The van der Waals surface area contributed by atoms with Crippen LogP contribution in [0.15, 0.2) is 59.1 Å². The molecule has 0 heterocycles. The Labute approximate surface area is 179 Å². The summed E-state index contributed by atoms with van der Waals surface area (Å²) < 4.78 is 10.7. The van der Waals surface area contributed by atoms with Crippen LogP contribution in [0.4, 0.5) is 4.79 Å². The SMILES string of the molecule is COC(=O)CC(O)(CCN(C(=O)OC)[C@@H](C)c1ccc(Br)cc1)c1ccccc1. The number of benzene rings is 2. The molecule has 0 aromatic heterocycles. The second-order valence-corrected chi connectivity index (χ2v) is 7.71. The number of hydrogen-bond acceptors (Lipinski definition) is 5. The fourth-order valence-corrected chi connectivity index (χ4v) is 3.45. The van der Waals surface area contributed by atoms with Crippen molar-refractivity contribution in [2.75, 3.05) is 20.8 Å². The van der Waals surface area contributed by atoms with Crippen molar-refractivity contribution in [1.29, 1.82) is 0 Å². The lowest BCUT2D eigenvalue weighted by molar-refractivity contribution is -0.147. The number of carbonyl (C=O) groups excluding carboxylic acids is 2. The van der Waals surface area contributed by atoms with Crippen LogP contribution in [0.3, 0.4) is 0 Å². The first-order chi connectivity index (χ1) is 13.8. The van der Waals surface area contributed by atoms with Gasteiger partial charge < -0.3 is 19.5 Å². The normalized spacial score (nSPS) is 13.8. The van der Waals surface area contributed by atoms with E-state index in [2.05, 4.69) is 15.9 Å². The van der Waals surface area contributed by atoms with E-state index < -0.39 is 17.7 Å². The maximum atomic E-state index is 12.4. The van der Waals surface area contributed by atoms with E-state index in [-0.39, 0.29) is 25.4 Å². The average molecular weight is 464 g/mol. The highest BCUT2D eigenvalue weighted by molar-refractivity contribution is 9.10. The zero-order valence-corrected chi connectivity index (χ0v) is 18.4. The Morgan fingerprint density at radius 3 is 2.24 bits per heavy atom. The molecule has 2 rings (SSSR count). The number of methoxy groups -OCH3 is 2. The average Bonchev–Trinajstić information content (AvgIpc) is 2.74. The summed E-state index contributed by atoms with van der Waals surface area (Å²) in [6.07, 6.45) is -0.578. The summed E-state index contributed by atoms with van der Waals surface area (Å²) in [7, 11) is 2.60. The van der Waals surface area contributed by atoms with Gasteiger partial charge in [-0.05, 0) is 36.6 Å². The minimum absolute atomic E-state index is 0.141. The molecule has 1 N–H and O–H groups in total. The van der Waals surface area contributed by atoms with Gasteiger partial charge in [-0.1, -0.05) is 58.4 Å². The first kappa shape index (κ1) is 22.9. The molecule has 6 nitrogen and oxygen atoms in total. The smallest absolute Gasteiger partial charge is 0.409 e. The van der Waals surface area contributed by atoms with Crippen molar-refractivity contribution in [3.05, 3.63) is 70.2 Å². The van der Waals surface area contributed by atoms with E-state index in [1.165, 1.54) is 19.1 Å². The number of hydrogen-bond donors (Lipinski definition) is 1. The molecule has 0 aliphatic heterocycles. The Morgan fingerprint density at radius 1 is 1.07 bits per heavy atom. The molecule has 0 saturated carbocycles. The molecule has 0 spiro atoms. The zero-order valence-electron chi connectivity index (χ0n) is 16.8. The topological polar surface area (TPSA) is 76.1 Å². The van der Waals surface area contributed by atoms with E-state index >= 15 is 0 Å². The minimum atomic E-state index is -1.47. The number of esters is 1. The monoisotopic (exact) mass is 463 g/mol. The molecule has 156 valence electrons. The highest BCUT2D eigenvalue weighted by atomic mass is 79.9. The number of rotatable bonds is 8. The molecule has 1 unspecified atom stereocenters. The van der Waals surface area contributed by atoms with Crippen LogP contribution in [0.25, 0.3) is 0 Å². The van der Waals surface area contributed by atoms with Crippen LogP contribution in [0.2, 0.25) is 0 Å². The molecule has 0 saturated heterocycles. The van der Waals surface area contributed by atoms with Crippen molar-refractivity contribution in [2.45, 2.75) is 31.4 Å². The first-order valence-corrected chi connectivity index (χ1v) is 10.0. The van der Waals surface area contributed by atoms with Crippen LogP contribution in [0.5, 0.6) is 0 Å². The molecule has 0 fully saturated rings. The Hall–Kier alpha value is -2.38. The van der Waals surface area contributed by atoms with E-state index in [0.29, 0.717) is 5.56 Å². The van der Waals surface area contributed by atoms with E-state index in [4.69, 9.17) is 9.47 Å². The third kappa shape index (κ3) is 6.05. The fourth-order valence-electron chi connectivity index (χ4n) is 3.18. The number of ether oxygens (including phenoxy) is 2.